The molecule has 0 spiro atoms. The van der Waals surface area contributed by atoms with Crippen LogP contribution in [0.15, 0.2) is 135 Å². The van der Waals surface area contributed by atoms with Gasteiger partial charge in [0.25, 0.3) is 0 Å². The summed E-state index contributed by atoms with van der Waals surface area (Å²) in [5.41, 5.74) is 7.84. The van der Waals surface area contributed by atoms with Crippen LogP contribution in [0.2, 0.25) is 0 Å². The Labute approximate surface area is 232 Å². The Bertz CT molecular complexity index is 2570. The van der Waals surface area contributed by atoms with Crippen molar-refractivity contribution in [1.29, 1.82) is 0 Å². The number of fused-ring (bicyclic) bond motifs is 9. The highest BCUT2D eigenvalue weighted by Crippen LogP contribution is 2.40. The average molecular weight is 529 g/mol. The molecule has 0 fully saturated rings. The van der Waals surface area contributed by atoms with Crippen molar-refractivity contribution in [2.75, 3.05) is 0 Å². The molecule has 41 heavy (non-hydrogen) atoms. The van der Waals surface area contributed by atoms with Gasteiger partial charge < -0.3 is 13.4 Å². The second kappa shape index (κ2) is 8.16. The topological polar surface area (TPSA) is 61.2 Å². The van der Waals surface area contributed by atoms with Crippen molar-refractivity contribution in [3.05, 3.63) is 132 Å². The van der Waals surface area contributed by atoms with Gasteiger partial charge in [-0.25, -0.2) is 0 Å². The molecule has 0 aliphatic rings. The van der Waals surface area contributed by atoms with Gasteiger partial charge in [-0.3, -0.25) is 9.78 Å². The van der Waals surface area contributed by atoms with Crippen molar-refractivity contribution in [3.8, 4) is 16.8 Å². The molecule has 9 aromatic rings. The maximum absolute atomic E-state index is 13.3. The van der Waals surface area contributed by atoms with E-state index in [1.54, 1.807) is 0 Å². The Morgan fingerprint density at radius 2 is 1.32 bits per heavy atom. The van der Waals surface area contributed by atoms with E-state index in [0.717, 1.165) is 60.6 Å². The summed E-state index contributed by atoms with van der Waals surface area (Å²) in [4.78, 5) is 17.8. The summed E-state index contributed by atoms with van der Waals surface area (Å²) in [5.74, 6) is 0. The number of rotatable bonds is 2. The molecule has 9 rings (SSSR count). The summed E-state index contributed by atoms with van der Waals surface area (Å²) >= 11 is 0. The number of aromatic nitrogens is 2. The van der Waals surface area contributed by atoms with Crippen molar-refractivity contribution in [1.82, 2.24) is 9.55 Å². The van der Waals surface area contributed by atoms with E-state index in [4.69, 9.17) is 8.83 Å². The number of hydrogen-bond acceptors (Lipinski definition) is 4. The van der Waals surface area contributed by atoms with Gasteiger partial charge in [0.15, 0.2) is 5.58 Å². The van der Waals surface area contributed by atoms with Crippen LogP contribution in [-0.2, 0) is 0 Å². The zero-order chi connectivity index (χ0) is 27.1. The standard InChI is InChI=1S/C36H20N2O3/c39-35-27-9-2-4-11-32(27)40-33-15-12-22(19-28(33)35)21-6-5-7-23(18-21)38-30-16-17-37-20-29(30)25-13-14-26-24-8-1-3-10-31(24)41-36(26)34(25)38/h1-20H. The third-order valence-corrected chi connectivity index (χ3v) is 8.09. The highest BCUT2D eigenvalue weighted by Gasteiger charge is 2.19. The quantitative estimate of drug-likeness (QED) is 0.210. The lowest BCUT2D eigenvalue weighted by atomic mass is 10.0. The van der Waals surface area contributed by atoms with Crippen LogP contribution in [0, 0.1) is 0 Å². The fraction of sp³-hybridized carbons (Fsp3) is 0. The van der Waals surface area contributed by atoms with Crippen LogP contribution in [0.1, 0.15) is 0 Å². The molecule has 0 unspecified atom stereocenters. The molecule has 0 atom stereocenters. The lowest BCUT2D eigenvalue weighted by Gasteiger charge is -2.11. The van der Waals surface area contributed by atoms with Gasteiger partial charge >= 0.3 is 0 Å². The van der Waals surface area contributed by atoms with Crippen LogP contribution in [0.25, 0.3) is 82.5 Å². The van der Waals surface area contributed by atoms with E-state index in [1.807, 2.05) is 79.1 Å². The van der Waals surface area contributed by atoms with E-state index in [-0.39, 0.29) is 5.43 Å². The van der Waals surface area contributed by atoms with Crippen molar-refractivity contribution >= 4 is 65.7 Å². The van der Waals surface area contributed by atoms with Gasteiger partial charge in [0.1, 0.15) is 16.7 Å². The second-order valence-corrected chi connectivity index (χ2v) is 10.4. The summed E-state index contributed by atoms with van der Waals surface area (Å²) in [7, 11) is 0. The van der Waals surface area contributed by atoms with Gasteiger partial charge in [-0.2, -0.15) is 0 Å². The molecule has 0 amide bonds. The number of nitrogens with zero attached hydrogens (tertiary/aromatic N) is 2. The molecule has 192 valence electrons. The molecule has 0 saturated heterocycles. The van der Waals surface area contributed by atoms with Gasteiger partial charge in [0.2, 0.25) is 5.43 Å². The first-order valence-corrected chi connectivity index (χ1v) is 13.5. The van der Waals surface area contributed by atoms with Crippen molar-refractivity contribution in [2.24, 2.45) is 0 Å². The van der Waals surface area contributed by atoms with Crippen molar-refractivity contribution < 1.29 is 8.83 Å². The minimum absolute atomic E-state index is 0.0259. The Balaban J connectivity index is 1.31. The summed E-state index contributed by atoms with van der Waals surface area (Å²) in [6, 6.07) is 36.1. The lowest BCUT2D eigenvalue weighted by molar-refractivity contribution is 0.660. The number of hydrogen-bond donors (Lipinski definition) is 0. The van der Waals surface area contributed by atoms with Gasteiger partial charge in [-0.1, -0.05) is 54.6 Å². The third kappa shape index (κ3) is 3.11. The maximum atomic E-state index is 13.3. The molecule has 5 aromatic carbocycles. The highest BCUT2D eigenvalue weighted by atomic mass is 16.3. The molecule has 0 aliphatic heterocycles. The van der Waals surface area contributed by atoms with E-state index in [1.165, 1.54) is 0 Å². The Hall–Kier alpha value is -5.68. The van der Waals surface area contributed by atoms with Crippen LogP contribution < -0.4 is 5.43 Å². The summed E-state index contributed by atoms with van der Waals surface area (Å²) in [6.45, 7) is 0. The van der Waals surface area contributed by atoms with E-state index >= 15 is 0 Å². The fourth-order valence-corrected chi connectivity index (χ4v) is 6.20. The van der Waals surface area contributed by atoms with Crippen LogP contribution in [0.3, 0.4) is 0 Å². The Morgan fingerprint density at radius 1 is 0.561 bits per heavy atom. The minimum atomic E-state index is -0.0259. The van der Waals surface area contributed by atoms with Gasteiger partial charge in [-0.05, 0) is 65.7 Å². The molecule has 0 N–H and O–H groups in total. The van der Waals surface area contributed by atoms with Gasteiger partial charge in [-0.15, -0.1) is 0 Å². The van der Waals surface area contributed by atoms with E-state index < -0.39 is 0 Å². The lowest BCUT2D eigenvalue weighted by Crippen LogP contribution is -2.02. The molecular weight excluding hydrogens is 508 g/mol. The Morgan fingerprint density at radius 3 is 2.22 bits per heavy atom. The number of pyridine rings is 1. The SMILES string of the molecule is O=c1c2ccccc2oc2ccc(-c3cccc(-n4c5ccncc5c5ccc6c7ccccc7oc6c54)c3)cc12. The fourth-order valence-electron chi connectivity index (χ4n) is 6.20. The molecule has 0 aliphatic carbocycles. The van der Waals surface area contributed by atoms with Crippen LogP contribution in [-0.4, -0.2) is 9.55 Å². The van der Waals surface area contributed by atoms with Crippen molar-refractivity contribution in [3.63, 3.8) is 0 Å². The highest BCUT2D eigenvalue weighted by molar-refractivity contribution is 6.21. The molecule has 5 nitrogen and oxygen atoms in total. The number of furan rings is 1. The average Bonchev–Trinajstić information content (AvgIpc) is 3.57. The van der Waals surface area contributed by atoms with E-state index in [9.17, 15) is 4.79 Å². The summed E-state index contributed by atoms with van der Waals surface area (Å²) < 4.78 is 14.8. The molecule has 4 heterocycles. The second-order valence-electron chi connectivity index (χ2n) is 10.4. The predicted molar refractivity (Wildman–Crippen MR) is 165 cm³/mol. The smallest absolute Gasteiger partial charge is 0.200 e. The third-order valence-electron chi connectivity index (χ3n) is 8.09. The molecule has 5 heteroatoms. The molecular formula is C36H20N2O3. The van der Waals surface area contributed by atoms with Crippen molar-refractivity contribution in [2.45, 2.75) is 0 Å². The molecule has 0 radical (unpaired) electrons. The first-order valence-electron chi connectivity index (χ1n) is 13.5. The molecule has 0 bridgehead atoms. The van der Waals surface area contributed by atoms with Crippen LogP contribution >= 0.6 is 0 Å². The molecule has 0 saturated carbocycles. The monoisotopic (exact) mass is 528 g/mol. The first kappa shape index (κ1) is 22.2. The van der Waals surface area contributed by atoms with E-state index in [2.05, 4.69) is 52.0 Å². The predicted octanol–water partition coefficient (Wildman–Crippen LogP) is 9.00. The summed E-state index contributed by atoms with van der Waals surface area (Å²) in [5, 5.41) is 5.47. The van der Waals surface area contributed by atoms with Crippen LogP contribution in [0.5, 0.6) is 0 Å². The zero-order valence-corrected chi connectivity index (χ0v) is 21.7. The first-order chi connectivity index (χ1) is 20.2. The van der Waals surface area contributed by atoms with Gasteiger partial charge in [0, 0.05) is 39.6 Å². The normalized spacial score (nSPS) is 12.0. The summed E-state index contributed by atoms with van der Waals surface area (Å²) in [6.07, 6.45) is 3.74. The minimum Gasteiger partial charge on any atom is -0.456 e. The number of benzene rings is 5. The maximum Gasteiger partial charge on any atom is 0.200 e. The largest absolute Gasteiger partial charge is 0.456 e. The van der Waals surface area contributed by atoms with E-state index in [0.29, 0.717) is 21.9 Å². The van der Waals surface area contributed by atoms with Gasteiger partial charge in [0.05, 0.1) is 21.8 Å². The number of para-hydroxylation sites is 2. The Kier molecular flexibility index (Phi) is 4.41. The zero-order valence-electron chi connectivity index (χ0n) is 21.7. The van der Waals surface area contributed by atoms with Crippen LogP contribution in [0.4, 0.5) is 0 Å². The molecule has 4 aromatic heterocycles.